The summed E-state index contributed by atoms with van der Waals surface area (Å²) in [7, 11) is -5.28. The van der Waals surface area contributed by atoms with Crippen LogP contribution in [0.3, 0.4) is 0 Å². The lowest BCUT2D eigenvalue weighted by molar-refractivity contribution is -0.137. The van der Waals surface area contributed by atoms with Crippen LogP contribution in [0.4, 0.5) is 0 Å². The second kappa shape index (κ2) is 8.14. The molecule has 0 radical (unpaired) electrons. The van der Waals surface area contributed by atoms with Crippen molar-refractivity contribution in [2.24, 2.45) is 40.4 Å². The molecule has 0 amide bonds. The van der Waals surface area contributed by atoms with E-state index in [9.17, 15) is 17.8 Å². The van der Waals surface area contributed by atoms with Gasteiger partial charge in [0.15, 0.2) is 0 Å². The Bertz CT molecular complexity index is 1060. The molecule has 0 aromatic rings. The molecule has 0 bridgehead atoms. The molecule has 8 atom stereocenters. The minimum atomic E-state index is -5.28. The number of carbonyl (C=O) groups is 1. The average Bonchev–Trinajstić information content (AvgIpc) is 3.06. The average molecular weight is 460 g/mol. The van der Waals surface area contributed by atoms with Crippen molar-refractivity contribution in [2.45, 2.75) is 91.0 Å². The molecule has 3 fully saturated rings. The fourth-order valence-electron chi connectivity index (χ4n) is 7.63. The minimum absolute atomic E-state index is 0.0285. The molecule has 3 saturated carbocycles. The van der Waals surface area contributed by atoms with E-state index in [0.29, 0.717) is 24.7 Å². The third kappa shape index (κ3) is 4.22. The summed E-state index contributed by atoms with van der Waals surface area (Å²) in [6.45, 7) is 6.28. The molecule has 0 saturated heterocycles. The Morgan fingerprint density at radius 1 is 1.32 bits per heavy atom. The highest BCUT2D eigenvalue weighted by Gasteiger charge is 2.59. The van der Waals surface area contributed by atoms with E-state index in [4.69, 9.17) is 12.0 Å². The highest BCUT2D eigenvalue weighted by molar-refractivity contribution is 7.80. The standard InChI is InChI=1S/C24H38O6S/c1-15(4-9-22(25)26)19-7-8-20-18-6-5-16-14-17(30-31(27,28)29)10-12-23(16,2)21(18)11-13-24(19,20)3/h5,15,17-21H,4,6-14H2,1-3H3,(H,25,26)(H,27,28,29)/t15-,17+,18+,19-,20+,21+,23+,24-/m1/s1/i10D2,14D2,17D. The van der Waals surface area contributed by atoms with Gasteiger partial charge in [0.05, 0.1) is 7.45 Å². The maximum atomic E-state index is 11.5. The Hall–Kier alpha value is -0.920. The number of carboxylic acid groups (broad SMARTS) is 1. The predicted octanol–water partition coefficient (Wildman–Crippen LogP) is 5.25. The van der Waals surface area contributed by atoms with Crippen LogP contribution in [0.25, 0.3) is 0 Å². The van der Waals surface area contributed by atoms with Crippen molar-refractivity contribution in [3.8, 4) is 0 Å². The Labute approximate surface area is 193 Å². The summed E-state index contributed by atoms with van der Waals surface area (Å²) in [5.41, 5.74) is -0.712. The smallest absolute Gasteiger partial charge is 0.397 e. The molecule has 0 aromatic carbocycles. The first-order valence-corrected chi connectivity index (χ1v) is 12.8. The molecule has 4 aliphatic carbocycles. The number of rotatable bonds is 6. The zero-order valence-corrected chi connectivity index (χ0v) is 19.4. The first-order chi connectivity index (χ1) is 16.3. The number of aliphatic carboxylic acids is 1. The maximum Gasteiger partial charge on any atom is 0.397 e. The van der Waals surface area contributed by atoms with Crippen molar-refractivity contribution < 1.29 is 33.9 Å². The summed E-state index contributed by atoms with van der Waals surface area (Å²) in [5, 5.41) is 9.14. The zero-order chi connectivity index (χ0) is 27.1. The van der Waals surface area contributed by atoms with Crippen molar-refractivity contribution in [3.05, 3.63) is 11.6 Å². The molecule has 176 valence electrons. The third-order valence-electron chi connectivity index (χ3n) is 9.09. The normalized spacial score (nSPS) is 51.4. The molecule has 4 aliphatic rings. The number of allylic oxidation sites excluding steroid dienone is 1. The van der Waals surface area contributed by atoms with E-state index >= 15 is 0 Å². The number of carboxylic acids is 1. The molecule has 0 unspecified atom stereocenters. The van der Waals surface area contributed by atoms with Crippen LogP contribution in [0, 0.1) is 40.4 Å². The lowest BCUT2D eigenvalue weighted by Gasteiger charge is -2.58. The van der Waals surface area contributed by atoms with Gasteiger partial charge in [0, 0.05) is 11.9 Å². The van der Waals surface area contributed by atoms with E-state index in [0.717, 1.165) is 25.7 Å². The van der Waals surface area contributed by atoms with Gasteiger partial charge in [-0.2, -0.15) is 8.42 Å². The first-order valence-electron chi connectivity index (χ1n) is 13.9. The van der Waals surface area contributed by atoms with Crippen LogP contribution in [0.1, 0.15) is 91.7 Å². The number of fused-ring (bicyclic) bond motifs is 5. The maximum absolute atomic E-state index is 11.5. The molecular formula is C24H38O6S. The Morgan fingerprint density at radius 2 is 2.06 bits per heavy atom. The molecule has 0 heterocycles. The lowest BCUT2D eigenvalue weighted by Crippen LogP contribution is -2.51. The van der Waals surface area contributed by atoms with Gasteiger partial charge in [-0.15, -0.1) is 0 Å². The van der Waals surface area contributed by atoms with Crippen molar-refractivity contribution in [2.75, 3.05) is 0 Å². The molecule has 7 heteroatoms. The fraction of sp³-hybridized carbons (Fsp3) is 0.875. The number of hydrogen-bond acceptors (Lipinski definition) is 4. The van der Waals surface area contributed by atoms with Crippen LogP contribution in [0.2, 0.25) is 0 Å². The van der Waals surface area contributed by atoms with E-state index in [-0.39, 0.29) is 41.6 Å². The first kappa shape index (κ1) is 17.5. The molecule has 0 aromatic heterocycles. The molecular weight excluding hydrogens is 416 g/mol. The van der Waals surface area contributed by atoms with Gasteiger partial charge in [0.2, 0.25) is 0 Å². The topological polar surface area (TPSA) is 101 Å². The molecule has 4 rings (SSSR count). The van der Waals surface area contributed by atoms with Gasteiger partial charge in [-0.25, -0.2) is 4.18 Å². The van der Waals surface area contributed by atoms with Crippen molar-refractivity contribution in [1.29, 1.82) is 0 Å². The van der Waals surface area contributed by atoms with Crippen LogP contribution < -0.4 is 0 Å². The van der Waals surface area contributed by atoms with E-state index in [1.165, 1.54) is 0 Å². The van der Waals surface area contributed by atoms with Gasteiger partial charge in [-0.3, -0.25) is 9.35 Å². The van der Waals surface area contributed by atoms with E-state index in [1.54, 1.807) is 6.08 Å². The molecule has 6 nitrogen and oxygen atoms in total. The highest BCUT2D eigenvalue weighted by Crippen LogP contribution is 2.67. The second-order valence-corrected chi connectivity index (χ2v) is 11.6. The quantitative estimate of drug-likeness (QED) is 0.415. The highest BCUT2D eigenvalue weighted by atomic mass is 32.3. The monoisotopic (exact) mass is 459 g/mol. The van der Waals surface area contributed by atoms with Gasteiger partial charge in [-0.05, 0) is 98.1 Å². The predicted molar refractivity (Wildman–Crippen MR) is 118 cm³/mol. The summed E-state index contributed by atoms with van der Waals surface area (Å²) in [6.07, 6.45) is -2.20. The van der Waals surface area contributed by atoms with E-state index < -0.39 is 40.6 Å². The third-order valence-corrected chi connectivity index (χ3v) is 9.47. The van der Waals surface area contributed by atoms with Crippen LogP contribution in [0.15, 0.2) is 11.6 Å². The summed E-state index contributed by atoms with van der Waals surface area (Å²) in [4.78, 5) is 11.1. The van der Waals surface area contributed by atoms with Crippen molar-refractivity contribution in [1.82, 2.24) is 0 Å². The zero-order valence-electron chi connectivity index (χ0n) is 23.6. The van der Waals surface area contributed by atoms with E-state index in [2.05, 4.69) is 18.0 Å². The molecule has 0 spiro atoms. The minimum Gasteiger partial charge on any atom is -0.481 e. The van der Waals surface area contributed by atoms with Crippen LogP contribution >= 0.6 is 0 Å². The second-order valence-electron chi connectivity index (χ2n) is 10.6. The van der Waals surface area contributed by atoms with Gasteiger partial charge in [0.1, 0.15) is 0 Å². The van der Waals surface area contributed by atoms with Gasteiger partial charge < -0.3 is 5.11 Å². The summed E-state index contributed by atoms with van der Waals surface area (Å²) in [5.74, 6) is 0.390. The Balaban J connectivity index is 1.68. The number of hydrogen-bond donors (Lipinski definition) is 2. The SMILES string of the molecule is [2H]C1([2H])C[C@@]2(C)C(=CC[C@H]3[C@@H]4CC[C@H]([C@H](C)CCC(=O)O)[C@@]4(C)CC[C@@H]32)C([2H])([2H])[C@@]1([2H])OS(=O)(=O)O. The molecule has 0 aliphatic heterocycles. The summed E-state index contributed by atoms with van der Waals surface area (Å²) < 4.78 is 79.9. The Kier molecular flexibility index (Phi) is 4.61. The Morgan fingerprint density at radius 3 is 2.74 bits per heavy atom. The van der Waals surface area contributed by atoms with Gasteiger partial charge in [0.25, 0.3) is 0 Å². The molecule has 2 N–H and O–H groups in total. The van der Waals surface area contributed by atoms with Crippen LogP contribution in [-0.2, 0) is 19.4 Å². The van der Waals surface area contributed by atoms with Gasteiger partial charge >= 0.3 is 16.4 Å². The summed E-state index contributed by atoms with van der Waals surface area (Å²) >= 11 is 0. The van der Waals surface area contributed by atoms with Crippen LogP contribution in [0.5, 0.6) is 0 Å². The fourth-order valence-corrected chi connectivity index (χ4v) is 7.94. The lowest BCUT2D eigenvalue weighted by atomic mass is 9.47. The van der Waals surface area contributed by atoms with E-state index in [1.807, 2.05) is 6.92 Å². The summed E-state index contributed by atoms with van der Waals surface area (Å²) in [6, 6.07) is 0. The largest absolute Gasteiger partial charge is 0.481 e. The van der Waals surface area contributed by atoms with Crippen molar-refractivity contribution in [3.63, 3.8) is 0 Å². The molecule has 31 heavy (non-hydrogen) atoms. The van der Waals surface area contributed by atoms with Gasteiger partial charge in [-0.1, -0.05) is 32.4 Å². The van der Waals surface area contributed by atoms with Crippen LogP contribution in [-0.4, -0.2) is 30.1 Å². The van der Waals surface area contributed by atoms with Crippen molar-refractivity contribution >= 4 is 16.4 Å².